The number of benzene rings is 2. The minimum atomic E-state index is -0.501. The van der Waals surface area contributed by atoms with Crippen LogP contribution in [0.25, 0.3) is 19.5 Å². The van der Waals surface area contributed by atoms with Crippen molar-refractivity contribution >= 4 is 71.3 Å². The number of nitrogens with zero attached hydrogens (tertiary/aromatic N) is 1. The molecule has 1 N–H and O–H groups in total. The zero-order valence-corrected chi connectivity index (χ0v) is 18.3. The van der Waals surface area contributed by atoms with Gasteiger partial charge in [0.15, 0.2) is 6.61 Å². The zero-order valence-electron chi connectivity index (χ0n) is 16.6. The molecule has 0 unspecified atom stereocenters. The van der Waals surface area contributed by atoms with Crippen LogP contribution in [0.3, 0.4) is 0 Å². The summed E-state index contributed by atoms with van der Waals surface area (Å²) in [7, 11) is 0. The lowest BCUT2D eigenvalue weighted by Gasteiger charge is -2.15. The number of hydrogen-bond acceptors (Lipinski definition) is 6. The standard InChI is InChI=1S/C23H18N2O4S2/c1-13(26)25-9-8-14-10-15(6-7-17(14)25)24-21(27)12-29-23(28)20-11-19-22(31-20)16-4-2-3-5-18(16)30-19/h2-7,10-11H,8-9,12H2,1H3,(H,24,27). The van der Waals surface area contributed by atoms with Crippen molar-refractivity contribution in [3.05, 3.63) is 59.0 Å². The Balaban J connectivity index is 1.22. The van der Waals surface area contributed by atoms with E-state index >= 15 is 0 Å². The van der Waals surface area contributed by atoms with Crippen LogP contribution in [0.1, 0.15) is 22.2 Å². The molecule has 2 aromatic heterocycles. The molecule has 156 valence electrons. The van der Waals surface area contributed by atoms with Gasteiger partial charge in [-0.2, -0.15) is 0 Å². The number of nitrogens with one attached hydrogen (secondary N) is 1. The maximum absolute atomic E-state index is 12.4. The van der Waals surface area contributed by atoms with Gasteiger partial charge in [0.1, 0.15) is 4.88 Å². The van der Waals surface area contributed by atoms with Gasteiger partial charge in [-0.3, -0.25) is 9.59 Å². The van der Waals surface area contributed by atoms with Crippen LogP contribution in [-0.4, -0.2) is 30.9 Å². The molecule has 8 heteroatoms. The van der Waals surface area contributed by atoms with E-state index in [1.807, 2.05) is 36.4 Å². The van der Waals surface area contributed by atoms with Gasteiger partial charge in [-0.15, -0.1) is 22.7 Å². The lowest BCUT2D eigenvalue weighted by molar-refractivity contribution is -0.119. The van der Waals surface area contributed by atoms with Gasteiger partial charge < -0.3 is 15.0 Å². The minimum absolute atomic E-state index is 0.00360. The van der Waals surface area contributed by atoms with Crippen molar-refractivity contribution in [2.24, 2.45) is 0 Å². The lowest BCUT2D eigenvalue weighted by Crippen LogP contribution is -2.25. The van der Waals surface area contributed by atoms with Gasteiger partial charge >= 0.3 is 5.97 Å². The number of anilines is 2. The van der Waals surface area contributed by atoms with E-state index in [1.54, 1.807) is 29.2 Å². The normalized spacial score (nSPS) is 12.9. The average Bonchev–Trinajstić information content (AvgIpc) is 3.44. The second kappa shape index (κ2) is 7.79. The van der Waals surface area contributed by atoms with Crippen molar-refractivity contribution in [3.8, 4) is 0 Å². The fraction of sp³-hybridized carbons (Fsp3) is 0.174. The highest BCUT2D eigenvalue weighted by atomic mass is 32.1. The second-order valence-electron chi connectivity index (χ2n) is 7.29. The summed E-state index contributed by atoms with van der Waals surface area (Å²) in [4.78, 5) is 38.6. The number of esters is 1. The molecule has 1 aliphatic heterocycles. The van der Waals surface area contributed by atoms with E-state index in [0.717, 1.165) is 32.5 Å². The number of thiophene rings is 2. The smallest absolute Gasteiger partial charge is 0.348 e. The van der Waals surface area contributed by atoms with E-state index in [-0.39, 0.29) is 12.5 Å². The molecule has 3 heterocycles. The fourth-order valence-corrected chi connectivity index (χ4v) is 6.22. The number of rotatable bonds is 4. The van der Waals surface area contributed by atoms with Crippen LogP contribution in [0.15, 0.2) is 48.5 Å². The number of amides is 2. The number of ether oxygens (including phenoxy) is 1. The first-order valence-corrected chi connectivity index (χ1v) is 11.4. The van der Waals surface area contributed by atoms with Crippen molar-refractivity contribution in [1.82, 2.24) is 0 Å². The van der Waals surface area contributed by atoms with Crippen molar-refractivity contribution < 1.29 is 19.1 Å². The Bertz CT molecular complexity index is 1350. The molecule has 0 fully saturated rings. The Hall–Kier alpha value is -3.23. The van der Waals surface area contributed by atoms with E-state index in [9.17, 15) is 14.4 Å². The Kier molecular flexibility index (Phi) is 4.95. The summed E-state index contributed by atoms with van der Waals surface area (Å²) in [5.41, 5.74) is 2.51. The van der Waals surface area contributed by atoms with Gasteiger partial charge in [0.05, 0.1) is 4.70 Å². The first kappa shape index (κ1) is 19.7. The van der Waals surface area contributed by atoms with E-state index in [0.29, 0.717) is 17.1 Å². The van der Waals surface area contributed by atoms with E-state index < -0.39 is 11.9 Å². The molecular formula is C23H18N2O4S2. The summed E-state index contributed by atoms with van der Waals surface area (Å²) in [5.74, 6) is -0.902. The molecule has 2 aromatic carbocycles. The molecule has 0 bridgehead atoms. The van der Waals surface area contributed by atoms with Crippen molar-refractivity contribution in [3.63, 3.8) is 0 Å². The summed E-state index contributed by atoms with van der Waals surface area (Å²) in [6.45, 7) is 1.83. The molecule has 0 saturated heterocycles. The molecule has 6 nitrogen and oxygen atoms in total. The minimum Gasteiger partial charge on any atom is -0.451 e. The molecule has 0 radical (unpaired) electrons. The van der Waals surface area contributed by atoms with Gasteiger partial charge in [-0.05, 0) is 42.3 Å². The Morgan fingerprint density at radius 3 is 2.74 bits per heavy atom. The van der Waals surface area contributed by atoms with Crippen LogP contribution in [0.5, 0.6) is 0 Å². The highest BCUT2D eigenvalue weighted by Crippen LogP contribution is 2.39. The molecule has 5 rings (SSSR count). The second-order valence-corrected chi connectivity index (χ2v) is 9.43. The van der Waals surface area contributed by atoms with Gasteiger partial charge in [-0.1, -0.05) is 18.2 Å². The Labute approximate surface area is 186 Å². The highest BCUT2D eigenvalue weighted by Gasteiger charge is 2.22. The Morgan fingerprint density at radius 2 is 1.90 bits per heavy atom. The number of carbonyl (C=O) groups excluding carboxylic acids is 3. The summed E-state index contributed by atoms with van der Waals surface area (Å²) in [6.07, 6.45) is 0.748. The zero-order chi connectivity index (χ0) is 21.5. The van der Waals surface area contributed by atoms with Crippen LogP contribution in [0, 0.1) is 0 Å². The van der Waals surface area contributed by atoms with Crippen molar-refractivity contribution in [2.45, 2.75) is 13.3 Å². The summed E-state index contributed by atoms with van der Waals surface area (Å²) in [5, 5.41) is 3.88. The molecule has 0 saturated carbocycles. The fourth-order valence-electron chi connectivity index (χ4n) is 3.81. The first-order chi connectivity index (χ1) is 15.0. The number of fused-ring (bicyclic) bond motifs is 4. The molecule has 1 aliphatic rings. The number of hydrogen-bond donors (Lipinski definition) is 1. The van der Waals surface area contributed by atoms with Crippen LogP contribution in [-0.2, 0) is 20.7 Å². The van der Waals surface area contributed by atoms with Crippen molar-refractivity contribution in [1.29, 1.82) is 0 Å². The van der Waals surface area contributed by atoms with E-state index in [4.69, 9.17) is 4.74 Å². The highest BCUT2D eigenvalue weighted by molar-refractivity contribution is 7.33. The van der Waals surface area contributed by atoms with Crippen molar-refractivity contribution in [2.75, 3.05) is 23.4 Å². The maximum atomic E-state index is 12.4. The van der Waals surface area contributed by atoms with Crippen LogP contribution >= 0.6 is 22.7 Å². The maximum Gasteiger partial charge on any atom is 0.348 e. The molecule has 0 atom stereocenters. The average molecular weight is 451 g/mol. The van der Waals surface area contributed by atoms with Gasteiger partial charge in [0.2, 0.25) is 5.91 Å². The van der Waals surface area contributed by atoms with E-state index in [1.165, 1.54) is 16.0 Å². The molecule has 2 amide bonds. The van der Waals surface area contributed by atoms with Gasteiger partial charge in [0.25, 0.3) is 5.91 Å². The SMILES string of the molecule is CC(=O)N1CCc2cc(NC(=O)COC(=O)c3cc4sc5ccccc5c4s3)ccc21. The summed E-state index contributed by atoms with van der Waals surface area (Å²) in [6, 6.07) is 15.3. The number of carbonyl (C=O) groups is 3. The Morgan fingerprint density at radius 1 is 1.06 bits per heavy atom. The molecule has 0 aliphatic carbocycles. The predicted octanol–water partition coefficient (Wildman–Crippen LogP) is 4.82. The summed E-state index contributed by atoms with van der Waals surface area (Å²) < 4.78 is 8.52. The first-order valence-electron chi connectivity index (χ1n) is 9.78. The third kappa shape index (κ3) is 3.68. The van der Waals surface area contributed by atoms with Crippen LogP contribution < -0.4 is 10.2 Å². The monoisotopic (exact) mass is 450 g/mol. The molecule has 31 heavy (non-hydrogen) atoms. The largest absolute Gasteiger partial charge is 0.451 e. The molecule has 4 aromatic rings. The quantitative estimate of drug-likeness (QED) is 0.452. The summed E-state index contributed by atoms with van der Waals surface area (Å²) >= 11 is 3.02. The molecular weight excluding hydrogens is 432 g/mol. The van der Waals surface area contributed by atoms with E-state index in [2.05, 4.69) is 11.4 Å². The topological polar surface area (TPSA) is 75.7 Å². The third-order valence-corrected chi connectivity index (χ3v) is 7.62. The van der Waals surface area contributed by atoms with Crippen LogP contribution in [0.4, 0.5) is 11.4 Å². The van der Waals surface area contributed by atoms with Gasteiger partial charge in [0, 0.05) is 39.6 Å². The third-order valence-electron chi connectivity index (χ3n) is 5.22. The van der Waals surface area contributed by atoms with Crippen LogP contribution in [0.2, 0.25) is 0 Å². The predicted molar refractivity (Wildman–Crippen MR) is 124 cm³/mol. The molecule has 0 spiro atoms. The van der Waals surface area contributed by atoms with Gasteiger partial charge in [-0.25, -0.2) is 4.79 Å². The lowest BCUT2D eigenvalue weighted by atomic mass is 10.1.